The molecule has 0 radical (unpaired) electrons. The van der Waals surface area contributed by atoms with Gasteiger partial charge in [-0.25, -0.2) is 4.98 Å². The van der Waals surface area contributed by atoms with Gasteiger partial charge in [0, 0.05) is 41.6 Å². The van der Waals surface area contributed by atoms with E-state index in [0.29, 0.717) is 12.0 Å². The van der Waals surface area contributed by atoms with E-state index in [4.69, 9.17) is 10.5 Å². The van der Waals surface area contributed by atoms with Crippen LogP contribution in [0.1, 0.15) is 44.7 Å². The van der Waals surface area contributed by atoms with Crippen LogP contribution < -0.4 is 11.1 Å². The summed E-state index contributed by atoms with van der Waals surface area (Å²) in [5, 5.41) is 6.73. The highest BCUT2D eigenvalue weighted by Crippen LogP contribution is 2.57. The molecule has 1 saturated heterocycles. The van der Waals surface area contributed by atoms with Gasteiger partial charge in [0.15, 0.2) is 0 Å². The van der Waals surface area contributed by atoms with Crippen LogP contribution in [0.25, 0.3) is 0 Å². The molecule has 1 aliphatic carbocycles. The van der Waals surface area contributed by atoms with Crippen LogP contribution in [-0.4, -0.2) is 29.8 Å². The van der Waals surface area contributed by atoms with Crippen LogP contribution >= 0.6 is 11.3 Å². The molecule has 0 bridgehead atoms. The Hall–Kier alpha value is -0.490. The monoisotopic (exact) mass is 295 g/mol. The van der Waals surface area contributed by atoms with Gasteiger partial charge < -0.3 is 15.8 Å². The Kier molecular flexibility index (Phi) is 3.65. The third kappa shape index (κ3) is 2.03. The number of nitrogens with zero attached hydrogens (tertiary/aromatic N) is 1. The lowest BCUT2D eigenvalue weighted by Crippen LogP contribution is -2.80. The minimum absolute atomic E-state index is 0.0354. The van der Waals surface area contributed by atoms with Gasteiger partial charge in [-0.05, 0) is 19.8 Å². The maximum atomic E-state index is 6.78. The third-order valence-corrected chi connectivity index (χ3v) is 6.38. The van der Waals surface area contributed by atoms with E-state index < -0.39 is 0 Å². The molecule has 1 saturated carbocycles. The number of aromatic nitrogens is 1. The molecule has 0 aromatic carbocycles. The summed E-state index contributed by atoms with van der Waals surface area (Å²) in [6.07, 6.45) is 4.52. The van der Waals surface area contributed by atoms with E-state index in [2.05, 4.69) is 31.1 Å². The van der Waals surface area contributed by atoms with Crippen molar-refractivity contribution in [3.63, 3.8) is 0 Å². The molecule has 112 valence electrons. The quantitative estimate of drug-likeness (QED) is 0.895. The van der Waals surface area contributed by atoms with Crippen molar-refractivity contribution in [1.82, 2.24) is 10.3 Å². The molecular weight excluding hydrogens is 270 g/mol. The molecule has 1 aliphatic heterocycles. The van der Waals surface area contributed by atoms with Crippen molar-refractivity contribution in [1.29, 1.82) is 0 Å². The second kappa shape index (κ2) is 5.05. The summed E-state index contributed by atoms with van der Waals surface area (Å²) >= 11 is 1.69. The van der Waals surface area contributed by atoms with Crippen molar-refractivity contribution < 1.29 is 4.74 Å². The first kappa shape index (κ1) is 14.4. The molecule has 1 aromatic rings. The average Bonchev–Trinajstić information content (AvgIpc) is 2.98. The first-order chi connectivity index (χ1) is 9.47. The Balaban J connectivity index is 1.66. The fourth-order valence-electron chi connectivity index (χ4n) is 3.88. The molecule has 4 unspecified atom stereocenters. The van der Waals surface area contributed by atoms with E-state index in [1.807, 2.05) is 11.6 Å². The minimum atomic E-state index is -0.177. The van der Waals surface area contributed by atoms with Crippen LogP contribution in [0.15, 0.2) is 11.6 Å². The van der Waals surface area contributed by atoms with Gasteiger partial charge in [0.2, 0.25) is 0 Å². The Morgan fingerprint density at radius 1 is 1.60 bits per heavy atom. The van der Waals surface area contributed by atoms with Crippen LogP contribution in [0, 0.1) is 11.3 Å². The maximum absolute atomic E-state index is 6.78. The fraction of sp³-hybridized carbons (Fsp3) is 0.800. The minimum Gasteiger partial charge on any atom is -0.377 e. The molecule has 3 rings (SSSR count). The van der Waals surface area contributed by atoms with Crippen molar-refractivity contribution in [2.24, 2.45) is 17.1 Å². The first-order valence-electron chi connectivity index (χ1n) is 7.50. The number of nitrogens with two attached hydrogens (primary N) is 1. The molecule has 1 aromatic heterocycles. The molecular formula is C15H25N3OS. The molecule has 0 amide bonds. The highest BCUT2D eigenvalue weighted by atomic mass is 32.1. The number of nitrogens with one attached hydrogen (secondary N) is 1. The number of rotatable bonds is 4. The Morgan fingerprint density at radius 3 is 3.10 bits per heavy atom. The van der Waals surface area contributed by atoms with Gasteiger partial charge in [-0.3, -0.25) is 0 Å². The summed E-state index contributed by atoms with van der Waals surface area (Å²) < 4.78 is 5.95. The van der Waals surface area contributed by atoms with Crippen molar-refractivity contribution in [2.75, 3.05) is 13.2 Å². The van der Waals surface area contributed by atoms with Gasteiger partial charge in [0.25, 0.3) is 0 Å². The normalized spacial score (nSPS) is 37.0. The van der Waals surface area contributed by atoms with Crippen LogP contribution in [0.3, 0.4) is 0 Å². The van der Waals surface area contributed by atoms with Crippen molar-refractivity contribution >= 4 is 11.3 Å². The summed E-state index contributed by atoms with van der Waals surface area (Å²) in [7, 11) is 0. The first-order valence-corrected chi connectivity index (χ1v) is 8.38. The molecule has 3 N–H and O–H groups in total. The van der Waals surface area contributed by atoms with Crippen LogP contribution in [0.2, 0.25) is 0 Å². The van der Waals surface area contributed by atoms with Gasteiger partial charge >= 0.3 is 0 Å². The van der Waals surface area contributed by atoms with Crippen LogP contribution in [0.4, 0.5) is 0 Å². The molecule has 0 spiro atoms. The highest BCUT2D eigenvalue weighted by Gasteiger charge is 2.66. The van der Waals surface area contributed by atoms with E-state index in [0.717, 1.165) is 24.6 Å². The number of fused-ring (bicyclic) bond motifs is 1. The van der Waals surface area contributed by atoms with E-state index in [1.165, 1.54) is 6.42 Å². The lowest BCUT2D eigenvalue weighted by molar-refractivity contribution is -0.226. The standard InChI is InChI=1S/C15H25N3OS/c1-10(13-17-6-8-20-13)18-9-15(16)11-5-4-7-19-12(11)14(15,2)3/h6,8,10-12,18H,4-5,7,9,16H2,1-3H3. The summed E-state index contributed by atoms with van der Waals surface area (Å²) in [6, 6.07) is 0.259. The topological polar surface area (TPSA) is 60.2 Å². The van der Waals surface area contributed by atoms with Crippen molar-refractivity contribution in [2.45, 2.75) is 51.3 Å². The summed E-state index contributed by atoms with van der Waals surface area (Å²) in [5.41, 5.74) is 6.64. The van der Waals surface area contributed by atoms with E-state index in [1.54, 1.807) is 11.3 Å². The predicted molar refractivity (Wildman–Crippen MR) is 81.7 cm³/mol. The van der Waals surface area contributed by atoms with Gasteiger partial charge in [0.05, 0.1) is 12.1 Å². The third-order valence-electron chi connectivity index (χ3n) is 5.42. The highest BCUT2D eigenvalue weighted by molar-refractivity contribution is 7.09. The van der Waals surface area contributed by atoms with E-state index in [9.17, 15) is 0 Å². The predicted octanol–water partition coefficient (Wildman–Crippen LogP) is 2.33. The number of thiazole rings is 1. The zero-order valence-corrected chi connectivity index (χ0v) is 13.4. The SMILES string of the molecule is CC(NCC1(N)C2CCCOC2C1(C)C)c1nccs1. The van der Waals surface area contributed by atoms with Gasteiger partial charge in [0.1, 0.15) is 5.01 Å². The summed E-state index contributed by atoms with van der Waals surface area (Å²) in [5.74, 6) is 0.488. The zero-order chi connectivity index (χ0) is 14.4. The average molecular weight is 295 g/mol. The van der Waals surface area contributed by atoms with Crippen molar-refractivity contribution in [3.05, 3.63) is 16.6 Å². The lowest BCUT2D eigenvalue weighted by Gasteiger charge is -2.66. The van der Waals surface area contributed by atoms with Crippen LogP contribution in [0.5, 0.6) is 0 Å². The summed E-state index contributed by atoms with van der Waals surface area (Å²) in [6.45, 7) is 8.36. The van der Waals surface area contributed by atoms with Crippen LogP contribution in [-0.2, 0) is 4.74 Å². The maximum Gasteiger partial charge on any atom is 0.109 e. The molecule has 2 aliphatic rings. The zero-order valence-electron chi connectivity index (χ0n) is 12.6. The molecule has 2 heterocycles. The van der Waals surface area contributed by atoms with Gasteiger partial charge in [-0.1, -0.05) is 13.8 Å². The summed E-state index contributed by atoms with van der Waals surface area (Å²) in [4.78, 5) is 4.37. The Morgan fingerprint density at radius 2 is 2.40 bits per heavy atom. The Labute approximate surface area is 125 Å². The molecule has 5 heteroatoms. The number of hydrogen-bond donors (Lipinski definition) is 2. The van der Waals surface area contributed by atoms with Gasteiger partial charge in [-0.15, -0.1) is 11.3 Å². The van der Waals surface area contributed by atoms with Gasteiger partial charge in [-0.2, -0.15) is 0 Å². The van der Waals surface area contributed by atoms with E-state index >= 15 is 0 Å². The largest absolute Gasteiger partial charge is 0.377 e. The second-order valence-corrected chi connectivity index (χ2v) is 7.70. The Bertz CT molecular complexity index is 462. The second-order valence-electron chi connectivity index (χ2n) is 6.78. The molecule has 20 heavy (non-hydrogen) atoms. The lowest BCUT2D eigenvalue weighted by atomic mass is 9.46. The van der Waals surface area contributed by atoms with Crippen molar-refractivity contribution in [3.8, 4) is 0 Å². The number of hydrogen-bond acceptors (Lipinski definition) is 5. The van der Waals surface area contributed by atoms with E-state index in [-0.39, 0.29) is 17.0 Å². The molecule has 4 nitrogen and oxygen atoms in total. The smallest absolute Gasteiger partial charge is 0.109 e. The number of ether oxygens (including phenoxy) is 1. The molecule has 2 fully saturated rings. The fourth-order valence-corrected chi connectivity index (χ4v) is 4.55. The molecule has 4 atom stereocenters.